The van der Waals surface area contributed by atoms with Crippen LogP contribution in [0.3, 0.4) is 0 Å². The Labute approximate surface area is 221 Å². The molecule has 1 aliphatic rings. The summed E-state index contributed by atoms with van der Waals surface area (Å²) in [6, 6.07) is 18.6. The number of benzene rings is 2. The molecule has 1 saturated heterocycles. The second-order valence-corrected chi connectivity index (χ2v) is 10.7. The summed E-state index contributed by atoms with van der Waals surface area (Å²) in [5.41, 5.74) is 2.16. The fraction of sp³-hybridized carbons (Fsp3) is 0.200. The lowest BCUT2D eigenvalue weighted by Gasteiger charge is -2.28. The van der Waals surface area contributed by atoms with E-state index in [1.165, 1.54) is 5.69 Å². The largest absolute Gasteiger partial charge is 0.378 e. The van der Waals surface area contributed by atoms with Crippen LogP contribution in [0.15, 0.2) is 91.3 Å². The van der Waals surface area contributed by atoms with Gasteiger partial charge < -0.3 is 15.0 Å². The van der Waals surface area contributed by atoms with Gasteiger partial charge in [-0.15, -0.1) is 0 Å². The highest BCUT2D eigenvalue weighted by Gasteiger charge is 2.11. The molecule has 0 amide bonds. The lowest BCUT2D eigenvalue weighted by Crippen LogP contribution is -2.36. The smallest absolute Gasteiger partial charge is 0.228 e. The number of aromatic nitrogens is 4. The zero-order chi connectivity index (χ0) is 24.0. The minimum absolute atomic E-state index is 0.574. The predicted octanol–water partition coefficient (Wildman–Crippen LogP) is 6.22. The average molecular weight is 568 g/mol. The van der Waals surface area contributed by atoms with Gasteiger partial charge in [-0.1, -0.05) is 23.5 Å². The van der Waals surface area contributed by atoms with Crippen molar-refractivity contribution in [2.24, 2.45) is 0 Å². The molecule has 0 bridgehead atoms. The molecule has 0 atom stereocenters. The van der Waals surface area contributed by atoms with Crippen LogP contribution >= 0.6 is 39.5 Å². The van der Waals surface area contributed by atoms with Gasteiger partial charge in [0.1, 0.15) is 15.9 Å². The number of anilines is 3. The van der Waals surface area contributed by atoms with Gasteiger partial charge in [0.05, 0.1) is 17.7 Å². The minimum Gasteiger partial charge on any atom is -0.378 e. The Balaban J connectivity index is 1.21. The first-order chi connectivity index (χ1) is 17.1. The average Bonchev–Trinajstić information content (AvgIpc) is 2.89. The van der Waals surface area contributed by atoms with Crippen LogP contribution in [0.5, 0.6) is 0 Å². The third kappa shape index (κ3) is 6.52. The molecule has 5 rings (SSSR count). The summed E-state index contributed by atoms with van der Waals surface area (Å²) >= 11 is 6.73. The fourth-order valence-electron chi connectivity index (χ4n) is 3.48. The van der Waals surface area contributed by atoms with Gasteiger partial charge in [-0.2, -0.15) is 0 Å². The van der Waals surface area contributed by atoms with Crippen molar-refractivity contribution in [3.05, 3.63) is 77.3 Å². The maximum absolute atomic E-state index is 5.44. The van der Waals surface area contributed by atoms with E-state index >= 15 is 0 Å². The monoisotopic (exact) mass is 566 g/mol. The van der Waals surface area contributed by atoms with Gasteiger partial charge in [0, 0.05) is 46.6 Å². The van der Waals surface area contributed by atoms with Crippen LogP contribution in [0.1, 0.15) is 5.82 Å². The second kappa shape index (κ2) is 11.4. The standard InChI is InChI=1S/C25H23BrN6OS2/c1-17-28-16-22(26)24(29-17)35-21-8-6-20(7-9-21)34-23-10-11-27-25(31-23)30-18-2-4-19(5-3-18)32-12-14-33-15-13-32/h2-11,16H,12-15H2,1H3,(H,27,30,31). The number of nitrogens with zero attached hydrogens (tertiary/aromatic N) is 5. The van der Waals surface area contributed by atoms with Crippen molar-refractivity contribution in [2.75, 3.05) is 36.5 Å². The van der Waals surface area contributed by atoms with E-state index in [4.69, 9.17) is 4.74 Å². The molecule has 0 aliphatic carbocycles. The lowest BCUT2D eigenvalue weighted by atomic mass is 10.2. The van der Waals surface area contributed by atoms with E-state index in [-0.39, 0.29) is 0 Å². The molecule has 0 spiro atoms. The van der Waals surface area contributed by atoms with Gasteiger partial charge in [0.25, 0.3) is 0 Å². The van der Waals surface area contributed by atoms with E-state index in [1.54, 1.807) is 35.9 Å². The van der Waals surface area contributed by atoms with Crippen molar-refractivity contribution in [3.8, 4) is 0 Å². The Morgan fingerprint density at radius 3 is 2.34 bits per heavy atom. The Bertz CT molecular complexity index is 1280. The molecular formula is C25H23BrN6OS2. The Hall–Kier alpha value is -2.66. The lowest BCUT2D eigenvalue weighted by molar-refractivity contribution is 0.122. The van der Waals surface area contributed by atoms with Gasteiger partial charge >= 0.3 is 0 Å². The molecule has 2 aromatic carbocycles. The van der Waals surface area contributed by atoms with Crippen LogP contribution in [0, 0.1) is 6.92 Å². The summed E-state index contributed by atoms with van der Waals surface area (Å²) in [5, 5.41) is 5.09. The summed E-state index contributed by atoms with van der Waals surface area (Å²) in [7, 11) is 0. The zero-order valence-corrected chi connectivity index (χ0v) is 22.2. The molecule has 4 aromatic rings. The maximum atomic E-state index is 5.44. The Morgan fingerprint density at radius 1 is 0.886 bits per heavy atom. The number of rotatable bonds is 7. The number of ether oxygens (including phenoxy) is 1. The number of morpholine rings is 1. The molecule has 2 aromatic heterocycles. The summed E-state index contributed by atoms with van der Waals surface area (Å²) < 4.78 is 6.33. The van der Waals surface area contributed by atoms with Crippen molar-refractivity contribution in [2.45, 2.75) is 26.8 Å². The number of aryl methyl sites for hydroxylation is 1. The van der Waals surface area contributed by atoms with Crippen molar-refractivity contribution in [3.63, 3.8) is 0 Å². The molecule has 0 saturated carbocycles. The second-order valence-electron chi connectivity index (χ2n) is 7.74. The first-order valence-electron chi connectivity index (χ1n) is 11.1. The van der Waals surface area contributed by atoms with E-state index in [1.807, 2.05) is 13.0 Å². The Kier molecular flexibility index (Phi) is 7.82. The summed E-state index contributed by atoms with van der Waals surface area (Å²) in [6.45, 7) is 5.29. The van der Waals surface area contributed by atoms with Crippen molar-refractivity contribution < 1.29 is 4.74 Å². The first kappa shape index (κ1) is 24.1. The number of hydrogen-bond donors (Lipinski definition) is 1. The highest BCUT2D eigenvalue weighted by Crippen LogP contribution is 2.34. The van der Waals surface area contributed by atoms with Crippen molar-refractivity contribution in [1.82, 2.24) is 19.9 Å². The van der Waals surface area contributed by atoms with Crippen LogP contribution in [0.2, 0.25) is 0 Å². The molecule has 1 N–H and O–H groups in total. The summed E-state index contributed by atoms with van der Waals surface area (Å²) in [4.78, 5) is 22.3. The highest BCUT2D eigenvalue weighted by molar-refractivity contribution is 9.10. The van der Waals surface area contributed by atoms with Crippen LogP contribution < -0.4 is 10.2 Å². The normalized spacial score (nSPS) is 13.6. The Morgan fingerprint density at radius 2 is 1.60 bits per heavy atom. The van der Waals surface area contributed by atoms with Crippen molar-refractivity contribution >= 4 is 56.8 Å². The van der Waals surface area contributed by atoms with Crippen LogP contribution in [0.4, 0.5) is 17.3 Å². The molecule has 178 valence electrons. The van der Waals surface area contributed by atoms with Gasteiger partial charge in [0.2, 0.25) is 5.95 Å². The molecule has 35 heavy (non-hydrogen) atoms. The predicted molar refractivity (Wildman–Crippen MR) is 144 cm³/mol. The molecule has 3 heterocycles. The van der Waals surface area contributed by atoms with E-state index in [0.717, 1.165) is 62.1 Å². The summed E-state index contributed by atoms with van der Waals surface area (Å²) in [5.74, 6) is 1.33. The fourth-order valence-corrected chi connectivity index (χ4v) is 5.51. The highest BCUT2D eigenvalue weighted by atomic mass is 79.9. The van der Waals surface area contributed by atoms with Gasteiger partial charge in [-0.3, -0.25) is 0 Å². The number of halogens is 1. The minimum atomic E-state index is 0.574. The molecule has 1 aliphatic heterocycles. The van der Waals surface area contributed by atoms with Gasteiger partial charge in [-0.05, 0) is 77.5 Å². The molecule has 10 heteroatoms. The van der Waals surface area contributed by atoms with E-state index in [0.29, 0.717) is 5.95 Å². The number of hydrogen-bond acceptors (Lipinski definition) is 9. The van der Waals surface area contributed by atoms with Gasteiger partial charge in [-0.25, -0.2) is 19.9 Å². The van der Waals surface area contributed by atoms with Gasteiger partial charge in [0.15, 0.2) is 0 Å². The molecule has 0 radical (unpaired) electrons. The molecule has 1 fully saturated rings. The van der Waals surface area contributed by atoms with Crippen LogP contribution in [-0.4, -0.2) is 46.2 Å². The zero-order valence-electron chi connectivity index (χ0n) is 19.0. The third-order valence-corrected chi connectivity index (χ3v) is 8.02. The third-order valence-electron chi connectivity index (χ3n) is 5.22. The van der Waals surface area contributed by atoms with Crippen LogP contribution in [-0.2, 0) is 4.74 Å². The van der Waals surface area contributed by atoms with E-state index < -0.39 is 0 Å². The van der Waals surface area contributed by atoms with E-state index in [2.05, 4.69) is 94.6 Å². The topological polar surface area (TPSA) is 76.1 Å². The van der Waals surface area contributed by atoms with Crippen molar-refractivity contribution in [1.29, 1.82) is 0 Å². The quantitative estimate of drug-likeness (QED) is 0.262. The molecule has 0 unspecified atom stereocenters. The van der Waals surface area contributed by atoms with Crippen LogP contribution in [0.25, 0.3) is 0 Å². The SMILES string of the molecule is Cc1ncc(Br)c(Sc2ccc(Sc3ccnc(Nc4ccc(N5CCOCC5)cc4)n3)cc2)n1. The summed E-state index contributed by atoms with van der Waals surface area (Å²) in [6.07, 6.45) is 3.56. The first-order valence-corrected chi connectivity index (χ1v) is 13.5. The molecular weight excluding hydrogens is 544 g/mol. The molecule has 7 nitrogen and oxygen atoms in total. The van der Waals surface area contributed by atoms with E-state index in [9.17, 15) is 0 Å². The number of nitrogens with one attached hydrogen (secondary N) is 1. The maximum Gasteiger partial charge on any atom is 0.228 e.